The first-order valence-electron chi connectivity index (χ1n) is 11.6. The highest BCUT2D eigenvalue weighted by atomic mass is 16.3. The lowest BCUT2D eigenvalue weighted by Gasteiger charge is -2.22. The molecule has 5 heteroatoms. The van der Waals surface area contributed by atoms with Crippen LogP contribution in [0.15, 0.2) is 124 Å². The lowest BCUT2D eigenvalue weighted by atomic mass is 10.0. The van der Waals surface area contributed by atoms with E-state index in [1.165, 1.54) is 0 Å². The maximum absolute atomic E-state index is 6.24. The van der Waals surface area contributed by atoms with Crippen molar-refractivity contribution >= 4 is 44.4 Å². The minimum atomic E-state index is -0.364. The molecule has 35 heavy (non-hydrogen) atoms. The van der Waals surface area contributed by atoms with Gasteiger partial charge in [-0.1, -0.05) is 84.9 Å². The third kappa shape index (κ3) is 3.37. The fourth-order valence-electron chi connectivity index (χ4n) is 4.70. The van der Waals surface area contributed by atoms with E-state index in [0.717, 1.165) is 61.1 Å². The predicted octanol–water partition coefficient (Wildman–Crippen LogP) is 6.63. The molecule has 0 fully saturated rings. The summed E-state index contributed by atoms with van der Waals surface area (Å²) in [4.78, 5) is 14.5. The number of aliphatic imine (C=N–C) groups is 2. The molecule has 1 aliphatic heterocycles. The fourth-order valence-corrected chi connectivity index (χ4v) is 4.70. The molecule has 3 heterocycles. The number of benzene rings is 4. The topological polar surface area (TPSA) is 62.8 Å². The van der Waals surface area contributed by atoms with Crippen molar-refractivity contribution in [3.63, 3.8) is 0 Å². The monoisotopic (exact) mass is 452 g/mol. The smallest absolute Gasteiger partial charge is 0.169 e. The predicted molar refractivity (Wildman–Crippen MR) is 141 cm³/mol. The minimum Gasteiger partial charge on any atom is -0.454 e. The molecule has 6 aromatic rings. The Kier molecular flexibility index (Phi) is 4.45. The van der Waals surface area contributed by atoms with Crippen LogP contribution in [0.5, 0.6) is 0 Å². The normalized spacial score (nSPS) is 15.7. The van der Waals surface area contributed by atoms with E-state index in [9.17, 15) is 0 Å². The zero-order valence-electron chi connectivity index (χ0n) is 18.7. The standard InChI is InChI=1S/C30H20N4O/c1-3-9-19(10-4-1)28-32-29(20-11-5-2-6-12-20)34-30(33-28)24-17-31-18-26-27(24)23-15-21-13-7-8-14-22(21)16-25(23)35-26/h1-18,28H,(H,32,33,34). The van der Waals surface area contributed by atoms with E-state index >= 15 is 0 Å². The average molecular weight is 453 g/mol. The van der Waals surface area contributed by atoms with Crippen molar-refractivity contribution in [3.8, 4) is 0 Å². The summed E-state index contributed by atoms with van der Waals surface area (Å²) in [5, 5.41) is 7.83. The van der Waals surface area contributed by atoms with Crippen LogP contribution >= 0.6 is 0 Å². The van der Waals surface area contributed by atoms with Gasteiger partial charge in [0.1, 0.15) is 17.3 Å². The number of amidine groups is 2. The van der Waals surface area contributed by atoms with E-state index in [2.05, 4.69) is 64.9 Å². The van der Waals surface area contributed by atoms with Crippen molar-refractivity contribution in [3.05, 3.63) is 126 Å². The van der Waals surface area contributed by atoms with E-state index in [4.69, 9.17) is 14.4 Å². The first-order valence-corrected chi connectivity index (χ1v) is 11.6. The van der Waals surface area contributed by atoms with Crippen LogP contribution in [-0.2, 0) is 0 Å². The quantitative estimate of drug-likeness (QED) is 0.328. The van der Waals surface area contributed by atoms with Gasteiger partial charge in [-0.2, -0.15) is 0 Å². The van der Waals surface area contributed by atoms with Gasteiger partial charge in [0.05, 0.1) is 6.20 Å². The molecule has 0 saturated heterocycles. The number of rotatable bonds is 3. The third-order valence-electron chi connectivity index (χ3n) is 6.39. The Bertz CT molecular complexity index is 1770. The second-order valence-corrected chi connectivity index (χ2v) is 8.59. The summed E-state index contributed by atoms with van der Waals surface area (Å²) in [6.45, 7) is 0. The zero-order chi connectivity index (χ0) is 23.2. The maximum atomic E-state index is 6.24. The lowest BCUT2D eigenvalue weighted by molar-refractivity contribution is 0.667. The average Bonchev–Trinajstić information content (AvgIpc) is 3.30. The van der Waals surface area contributed by atoms with Gasteiger partial charge in [-0.15, -0.1) is 0 Å². The Hall–Kier alpha value is -4.77. The molecule has 2 aromatic heterocycles. The number of fused-ring (bicyclic) bond motifs is 4. The van der Waals surface area contributed by atoms with Crippen LogP contribution in [0, 0.1) is 0 Å². The van der Waals surface area contributed by atoms with Crippen molar-refractivity contribution in [2.45, 2.75) is 6.17 Å². The molecule has 1 N–H and O–H groups in total. The van der Waals surface area contributed by atoms with Gasteiger partial charge in [-0.25, -0.2) is 9.98 Å². The van der Waals surface area contributed by atoms with Crippen molar-refractivity contribution in [2.24, 2.45) is 9.98 Å². The highest BCUT2D eigenvalue weighted by molar-refractivity contribution is 6.24. The summed E-state index contributed by atoms with van der Waals surface area (Å²) >= 11 is 0. The van der Waals surface area contributed by atoms with Gasteiger partial charge in [0.25, 0.3) is 0 Å². The van der Waals surface area contributed by atoms with E-state index in [1.54, 1.807) is 6.20 Å². The first kappa shape index (κ1) is 19.7. The molecule has 1 atom stereocenters. The Morgan fingerprint density at radius 2 is 1.34 bits per heavy atom. The number of aromatic nitrogens is 1. The van der Waals surface area contributed by atoms with Crippen LogP contribution < -0.4 is 5.32 Å². The van der Waals surface area contributed by atoms with Crippen LogP contribution in [0.4, 0.5) is 0 Å². The van der Waals surface area contributed by atoms with Crippen molar-refractivity contribution < 1.29 is 4.42 Å². The Morgan fingerprint density at radius 3 is 2.14 bits per heavy atom. The molecule has 0 spiro atoms. The largest absolute Gasteiger partial charge is 0.454 e. The molecule has 5 nitrogen and oxygen atoms in total. The van der Waals surface area contributed by atoms with Crippen LogP contribution in [-0.4, -0.2) is 16.7 Å². The molecule has 0 aliphatic carbocycles. The molecule has 4 aromatic carbocycles. The Labute approximate surface area is 201 Å². The number of hydrogen-bond acceptors (Lipinski definition) is 5. The zero-order valence-corrected chi connectivity index (χ0v) is 18.7. The molecule has 7 rings (SSSR count). The van der Waals surface area contributed by atoms with Crippen molar-refractivity contribution in [1.82, 2.24) is 10.3 Å². The first-order chi connectivity index (χ1) is 17.3. The summed E-state index contributed by atoms with van der Waals surface area (Å²) in [6.07, 6.45) is 3.26. The van der Waals surface area contributed by atoms with Crippen molar-refractivity contribution in [1.29, 1.82) is 0 Å². The van der Waals surface area contributed by atoms with Gasteiger partial charge in [0, 0.05) is 28.1 Å². The van der Waals surface area contributed by atoms with Crippen LogP contribution in [0.1, 0.15) is 22.9 Å². The Morgan fingerprint density at radius 1 is 0.657 bits per heavy atom. The number of hydrogen-bond donors (Lipinski definition) is 1. The molecule has 166 valence electrons. The molecule has 0 saturated carbocycles. The van der Waals surface area contributed by atoms with E-state index in [1.807, 2.05) is 48.7 Å². The highest BCUT2D eigenvalue weighted by Crippen LogP contribution is 2.35. The van der Waals surface area contributed by atoms with Crippen LogP contribution in [0.2, 0.25) is 0 Å². The van der Waals surface area contributed by atoms with Gasteiger partial charge in [0.15, 0.2) is 11.7 Å². The van der Waals surface area contributed by atoms with E-state index in [-0.39, 0.29) is 6.17 Å². The Balaban J connectivity index is 1.45. The SMILES string of the molecule is c1ccc(C2=NC(c3ccccc3)N=C(c3cncc4oc5cc6ccccc6cc5c34)N2)cc1. The summed E-state index contributed by atoms with van der Waals surface area (Å²) in [5.41, 5.74) is 4.49. The van der Waals surface area contributed by atoms with Crippen LogP contribution in [0.25, 0.3) is 32.7 Å². The fraction of sp³-hybridized carbons (Fsp3) is 0.0333. The maximum Gasteiger partial charge on any atom is 0.169 e. The summed E-state index contributed by atoms with van der Waals surface area (Å²) in [5.74, 6) is 1.50. The second-order valence-electron chi connectivity index (χ2n) is 8.59. The lowest BCUT2D eigenvalue weighted by Crippen LogP contribution is -2.36. The molecular formula is C30H20N4O. The van der Waals surface area contributed by atoms with Gasteiger partial charge < -0.3 is 9.73 Å². The van der Waals surface area contributed by atoms with Crippen molar-refractivity contribution in [2.75, 3.05) is 0 Å². The number of furan rings is 1. The number of nitrogens with one attached hydrogen (secondary N) is 1. The van der Waals surface area contributed by atoms with Crippen LogP contribution in [0.3, 0.4) is 0 Å². The van der Waals surface area contributed by atoms with E-state index in [0.29, 0.717) is 0 Å². The summed E-state index contributed by atoms with van der Waals surface area (Å²) < 4.78 is 6.24. The van der Waals surface area contributed by atoms with Gasteiger partial charge >= 0.3 is 0 Å². The molecule has 0 bridgehead atoms. The highest BCUT2D eigenvalue weighted by Gasteiger charge is 2.23. The molecule has 1 unspecified atom stereocenters. The summed E-state index contributed by atoms with van der Waals surface area (Å²) in [6, 6.07) is 32.9. The minimum absolute atomic E-state index is 0.364. The molecule has 0 radical (unpaired) electrons. The van der Waals surface area contributed by atoms with Gasteiger partial charge in [-0.3, -0.25) is 4.98 Å². The number of pyridine rings is 1. The second kappa shape index (κ2) is 7.92. The van der Waals surface area contributed by atoms with Gasteiger partial charge in [-0.05, 0) is 28.5 Å². The molecule has 0 amide bonds. The third-order valence-corrected chi connectivity index (χ3v) is 6.39. The summed E-state index contributed by atoms with van der Waals surface area (Å²) in [7, 11) is 0. The van der Waals surface area contributed by atoms with E-state index < -0.39 is 0 Å². The molecule has 1 aliphatic rings. The number of nitrogens with zero attached hydrogens (tertiary/aromatic N) is 3. The molecular weight excluding hydrogens is 432 g/mol. The van der Waals surface area contributed by atoms with Gasteiger partial charge in [0.2, 0.25) is 0 Å².